The van der Waals surface area contributed by atoms with Gasteiger partial charge in [0, 0.05) is 38.1 Å². The largest absolute Gasteiger partial charge is 0.350 e. The molecule has 9 nitrogen and oxygen atoms in total. The van der Waals surface area contributed by atoms with Crippen LogP contribution in [0.15, 0.2) is 62.1 Å². The molecule has 3 rings (SSSR count). The maximum atomic E-state index is 12.8. The summed E-state index contributed by atoms with van der Waals surface area (Å²) in [5, 5.41) is 14.0. The van der Waals surface area contributed by atoms with Crippen molar-refractivity contribution in [2.75, 3.05) is 11.9 Å². The number of nitrogens with one attached hydrogen (secondary N) is 2. The molecule has 0 saturated heterocycles. The molecule has 9 heteroatoms. The van der Waals surface area contributed by atoms with E-state index in [0.29, 0.717) is 24.3 Å². The van der Waals surface area contributed by atoms with Gasteiger partial charge in [-0.2, -0.15) is 10.2 Å². The number of aryl methyl sites for hydroxylation is 2. The molecule has 166 valence electrons. The monoisotopic (exact) mass is 433 g/mol. The lowest BCUT2D eigenvalue weighted by molar-refractivity contribution is 0.0949. The van der Waals surface area contributed by atoms with Crippen molar-refractivity contribution in [1.82, 2.24) is 29.9 Å². The number of carbonyl (C=O) groups is 2. The molecule has 0 atom stereocenters. The molecule has 0 spiro atoms. The fourth-order valence-electron chi connectivity index (χ4n) is 3.04. The van der Waals surface area contributed by atoms with Crippen LogP contribution < -0.4 is 10.6 Å². The summed E-state index contributed by atoms with van der Waals surface area (Å²) in [5.41, 5.74) is 2.14. The fourth-order valence-corrected chi connectivity index (χ4v) is 3.04. The maximum absolute atomic E-state index is 12.8. The van der Waals surface area contributed by atoms with E-state index in [1.165, 1.54) is 4.68 Å². The lowest BCUT2D eigenvalue weighted by Gasteiger charge is -2.06. The van der Waals surface area contributed by atoms with Gasteiger partial charge in [-0.1, -0.05) is 18.2 Å². The molecule has 0 radical (unpaired) electrons. The number of nitrogens with zero attached hydrogens (tertiary/aromatic N) is 5. The molecular weight excluding hydrogens is 406 g/mol. The molecule has 0 bridgehead atoms. The Morgan fingerprint density at radius 2 is 1.94 bits per heavy atom. The molecule has 32 heavy (non-hydrogen) atoms. The number of anilines is 1. The zero-order chi connectivity index (χ0) is 22.9. The second kappa shape index (κ2) is 10.9. The van der Waals surface area contributed by atoms with Crippen molar-refractivity contribution in [2.45, 2.75) is 25.8 Å². The fraction of sp³-hybridized carbons (Fsp3) is 0.261. The number of amides is 2. The Morgan fingerprint density at radius 1 is 1.12 bits per heavy atom. The van der Waals surface area contributed by atoms with Gasteiger partial charge in [0.25, 0.3) is 11.8 Å². The highest BCUT2D eigenvalue weighted by atomic mass is 16.2. The second-order valence-corrected chi connectivity index (χ2v) is 7.18. The van der Waals surface area contributed by atoms with E-state index in [-0.39, 0.29) is 17.3 Å². The van der Waals surface area contributed by atoms with Crippen molar-refractivity contribution < 1.29 is 9.59 Å². The normalized spacial score (nSPS) is 10.5. The van der Waals surface area contributed by atoms with Gasteiger partial charge < -0.3 is 10.6 Å². The van der Waals surface area contributed by atoms with E-state index in [2.05, 4.69) is 39.0 Å². The Kier molecular flexibility index (Phi) is 7.69. The molecule has 0 fully saturated rings. The van der Waals surface area contributed by atoms with Crippen LogP contribution >= 0.6 is 0 Å². The molecule has 0 saturated carbocycles. The third-order valence-corrected chi connectivity index (χ3v) is 4.63. The highest BCUT2D eigenvalue weighted by Crippen LogP contribution is 2.18. The summed E-state index contributed by atoms with van der Waals surface area (Å²) in [4.78, 5) is 29.7. The lowest BCUT2D eigenvalue weighted by atomic mass is 10.2. The third kappa shape index (κ3) is 5.78. The first-order valence-corrected chi connectivity index (χ1v) is 10.4. The van der Waals surface area contributed by atoms with Crippen molar-refractivity contribution in [3.63, 3.8) is 0 Å². The quantitative estimate of drug-likeness (QED) is 0.357. The van der Waals surface area contributed by atoms with Crippen molar-refractivity contribution >= 4 is 17.5 Å². The minimum absolute atomic E-state index is 0.141. The molecule has 2 amide bonds. The first kappa shape index (κ1) is 22.7. The average molecular weight is 434 g/mol. The van der Waals surface area contributed by atoms with Crippen LogP contribution in [0.5, 0.6) is 0 Å². The molecule has 3 aromatic heterocycles. The van der Waals surface area contributed by atoms with Crippen LogP contribution in [0.2, 0.25) is 0 Å². The maximum Gasteiger partial charge on any atom is 0.274 e. The van der Waals surface area contributed by atoms with Gasteiger partial charge in [-0.3, -0.25) is 19.0 Å². The van der Waals surface area contributed by atoms with Crippen molar-refractivity contribution in [3.8, 4) is 11.3 Å². The Morgan fingerprint density at radius 3 is 2.72 bits per heavy atom. The summed E-state index contributed by atoms with van der Waals surface area (Å²) in [6, 6.07) is 5.20. The number of hydrogen-bond donors (Lipinski definition) is 2. The first-order chi connectivity index (χ1) is 15.5. The van der Waals surface area contributed by atoms with E-state index >= 15 is 0 Å². The topological polar surface area (TPSA) is 107 Å². The van der Waals surface area contributed by atoms with E-state index in [9.17, 15) is 9.59 Å². The minimum atomic E-state index is -0.432. The van der Waals surface area contributed by atoms with Gasteiger partial charge >= 0.3 is 0 Å². The van der Waals surface area contributed by atoms with Gasteiger partial charge in [-0.15, -0.1) is 13.2 Å². The molecule has 0 aliphatic rings. The van der Waals surface area contributed by atoms with E-state index in [0.717, 1.165) is 24.9 Å². The van der Waals surface area contributed by atoms with Crippen molar-refractivity contribution in [3.05, 3.63) is 73.5 Å². The Bertz CT molecular complexity index is 1110. The summed E-state index contributed by atoms with van der Waals surface area (Å²) < 4.78 is 3.32. The Hall–Kier alpha value is -4.01. The predicted molar refractivity (Wildman–Crippen MR) is 123 cm³/mol. The van der Waals surface area contributed by atoms with Crippen LogP contribution in [-0.2, 0) is 13.6 Å². The number of pyridine rings is 1. The van der Waals surface area contributed by atoms with Crippen molar-refractivity contribution in [1.29, 1.82) is 0 Å². The van der Waals surface area contributed by atoms with Crippen LogP contribution in [0.3, 0.4) is 0 Å². The number of aromatic nitrogens is 5. The molecule has 3 aromatic rings. The Labute approximate surface area is 186 Å². The van der Waals surface area contributed by atoms with Crippen LogP contribution in [-0.4, -0.2) is 42.9 Å². The summed E-state index contributed by atoms with van der Waals surface area (Å²) in [6.07, 6.45) is 11.3. The summed E-state index contributed by atoms with van der Waals surface area (Å²) in [5.74, 6) is -0.799. The van der Waals surface area contributed by atoms with Crippen LogP contribution in [0, 0.1) is 0 Å². The highest BCUT2D eigenvalue weighted by molar-refractivity contribution is 6.07. The van der Waals surface area contributed by atoms with Gasteiger partial charge in [0.15, 0.2) is 5.69 Å². The van der Waals surface area contributed by atoms with Gasteiger partial charge in [0.05, 0.1) is 17.6 Å². The highest BCUT2D eigenvalue weighted by Gasteiger charge is 2.19. The molecule has 3 heterocycles. The lowest BCUT2D eigenvalue weighted by Crippen LogP contribution is -2.26. The molecule has 0 aliphatic carbocycles. The summed E-state index contributed by atoms with van der Waals surface area (Å²) >= 11 is 0. The number of allylic oxidation sites excluding steroid dienone is 1. The molecule has 0 unspecified atom stereocenters. The van der Waals surface area contributed by atoms with Gasteiger partial charge in [-0.25, -0.2) is 4.98 Å². The first-order valence-electron chi connectivity index (χ1n) is 10.4. The van der Waals surface area contributed by atoms with Crippen LogP contribution in [0.1, 0.15) is 40.2 Å². The number of rotatable bonds is 11. The van der Waals surface area contributed by atoms with Crippen LogP contribution in [0.4, 0.5) is 5.69 Å². The molecule has 0 aliphatic heterocycles. The third-order valence-electron chi connectivity index (χ3n) is 4.63. The molecule has 2 N–H and O–H groups in total. The van der Waals surface area contributed by atoms with E-state index in [1.54, 1.807) is 37.7 Å². The zero-order valence-corrected chi connectivity index (χ0v) is 18.1. The summed E-state index contributed by atoms with van der Waals surface area (Å²) in [6.45, 7) is 8.58. The van der Waals surface area contributed by atoms with Gasteiger partial charge in [0.2, 0.25) is 0 Å². The molecular formula is C23H27N7O2. The number of unbranched alkanes of at least 4 members (excludes halogenated alkanes) is 1. The second-order valence-electron chi connectivity index (χ2n) is 7.18. The van der Waals surface area contributed by atoms with Crippen LogP contribution in [0.25, 0.3) is 11.3 Å². The van der Waals surface area contributed by atoms with E-state index in [4.69, 9.17) is 0 Å². The van der Waals surface area contributed by atoms with E-state index in [1.807, 2.05) is 23.0 Å². The van der Waals surface area contributed by atoms with Gasteiger partial charge in [0.1, 0.15) is 5.69 Å². The van der Waals surface area contributed by atoms with Crippen molar-refractivity contribution in [2.24, 2.45) is 7.05 Å². The van der Waals surface area contributed by atoms with E-state index < -0.39 is 5.91 Å². The standard InChI is InChI=1S/C23H27N7O2/c1-4-6-8-13-30-15-17(14-25-30)18-10-9-11-19(26-18)22(31)27-20-16-29(3)28-21(20)23(32)24-12-7-5-2/h4-5,9-11,14-16H,1-2,6-8,12-13H2,3H3,(H,24,32)(H,27,31). The smallest absolute Gasteiger partial charge is 0.274 e. The summed E-state index contributed by atoms with van der Waals surface area (Å²) in [7, 11) is 1.68. The molecule has 0 aromatic carbocycles. The Balaban J connectivity index is 1.72. The predicted octanol–water partition coefficient (Wildman–Crippen LogP) is 3.20. The van der Waals surface area contributed by atoms with Gasteiger partial charge in [-0.05, 0) is 31.4 Å². The average Bonchev–Trinajstić information content (AvgIpc) is 3.41. The number of hydrogen-bond acceptors (Lipinski definition) is 5. The minimum Gasteiger partial charge on any atom is -0.350 e. The SMILES string of the molecule is C=CCCCn1cc(-c2cccc(C(=O)Nc3cn(C)nc3C(=O)NCCC=C)n2)cn1. The number of carbonyl (C=O) groups excluding carboxylic acids is 2. The zero-order valence-electron chi connectivity index (χ0n) is 18.1.